The van der Waals surface area contributed by atoms with Gasteiger partial charge in [-0.15, -0.1) is 0 Å². The summed E-state index contributed by atoms with van der Waals surface area (Å²) in [5, 5.41) is 2.91. The molecule has 0 fully saturated rings. The van der Waals surface area contributed by atoms with Gasteiger partial charge in [-0.05, 0) is 47.7 Å². The standard InChI is InChI=1S/C21H24N2O2/c1-13(2)11-20(24)22-17-9-10-19-18(12-17)23-21(25-19)16-7-5-15(6-8-16)14(3)4/h5-10,12-14H,11H2,1-4H3,(H,22,24). The van der Waals surface area contributed by atoms with Crippen molar-refractivity contribution in [2.45, 2.75) is 40.0 Å². The van der Waals surface area contributed by atoms with Gasteiger partial charge in [0.2, 0.25) is 11.8 Å². The second kappa shape index (κ2) is 7.09. The van der Waals surface area contributed by atoms with Crippen molar-refractivity contribution in [3.8, 4) is 11.5 Å². The van der Waals surface area contributed by atoms with Gasteiger partial charge in [0.15, 0.2) is 5.58 Å². The van der Waals surface area contributed by atoms with E-state index in [0.29, 0.717) is 29.7 Å². The minimum Gasteiger partial charge on any atom is -0.436 e. The topological polar surface area (TPSA) is 55.1 Å². The third-order valence-corrected chi connectivity index (χ3v) is 4.09. The lowest BCUT2D eigenvalue weighted by Crippen LogP contribution is -2.13. The van der Waals surface area contributed by atoms with Gasteiger partial charge in [-0.2, -0.15) is 0 Å². The number of nitrogens with one attached hydrogen (secondary N) is 1. The molecule has 3 aromatic rings. The number of hydrogen-bond donors (Lipinski definition) is 1. The molecule has 25 heavy (non-hydrogen) atoms. The van der Waals surface area contributed by atoms with E-state index in [0.717, 1.165) is 16.8 Å². The van der Waals surface area contributed by atoms with Crippen LogP contribution in [0, 0.1) is 5.92 Å². The van der Waals surface area contributed by atoms with Gasteiger partial charge in [-0.1, -0.05) is 39.8 Å². The minimum atomic E-state index is 0.0161. The summed E-state index contributed by atoms with van der Waals surface area (Å²) in [6.45, 7) is 8.39. The summed E-state index contributed by atoms with van der Waals surface area (Å²) in [5.41, 5.74) is 4.43. The van der Waals surface area contributed by atoms with E-state index in [2.05, 4.69) is 36.3 Å². The summed E-state index contributed by atoms with van der Waals surface area (Å²) in [6.07, 6.45) is 0.504. The third-order valence-electron chi connectivity index (χ3n) is 4.09. The van der Waals surface area contributed by atoms with Gasteiger partial charge in [-0.3, -0.25) is 4.79 Å². The van der Waals surface area contributed by atoms with Gasteiger partial charge >= 0.3 is 0 Å². The lowest BCUT2D eigenvalue weighted by Gasteiger charge is -2.06. The fourth-order valence-corrected chi connectivity index (χ4v) is 2.72. The minimum absolute atomic E-state index is 0.0161. The maximum Gasteiger partial charge on any atom is 0.227 e. The molecule has 0 saturated heterocycles. The van der Waals surface area contributed by atoms with E-state index in [9.17, 15) is 4.79 Å². The predicted molar refractivity (Wildman–Crippen MR) is 102 cm³/mol. The van der Waals surface area contributed by atoms with Crippen LogP contribution in [0.25, 0.3) is 22.6 Å². The second-order valence-electron chi connectivity index (χ2n) is 7.12. The number of benzene rings is 2. The van der Waals surface area contributed by atoms with Crippen LogP contribution in [-0.4, -0.2) is 10.9 Å². The quantitative estimate of drug-likeness (QED) is 0.659. The number of nitrogens with zero attached hydrogens (tertiary/aromatic N) is 1. The van der Waals surface area contributed by atoms with E-state index in [1.54, 1.807) is 0 Å². The molecule has 0 aliphatic rings. The third kappa shape index (κ3) is 4.08. The maximum absolute atomic E-state index is 11.9. The van der Waals surface area contributed by atoms with Crippen molar-refractivity contribution in [1.29, 1.82) is 0 Å². The Morgan fingerprint density at radius 2 is 1.80 bits per heavy atom. The van der Waals surface area contributed by atoms with Crippen molar-refractivity contribution in [2.75, 3.05) is 5.32 Å². The number of amides is 1. The summed E-state index contributed by atoms with van der Waals surface area (Å²) in [6, 6.07) is 13.8. The van der Waals surface area contributed by atoms with Crippen LogP contribution in [-0.2, 0) is 4.79 Å². The molecule has 1 N–H and O–H groups in total. The highest BCUT2D eigenvalue weighted by Gasteiger charge is 2.11. The van der Waals surface area contributed by atoms with Crippen LogP contribution in [0.1, 0.15) is 45.6 Å². The highest BCUT2D eigenvalue weighted by Crippen LogP contribution is 2.27. The lowest BCUT2D eigenvalue weighted by molar-refractivity contribution is -0.116. The first-order valence-electron chi connectivity index (χ1n) is 8.73. The Balaban J connectivity index is 1.83. The number of fused-ring (bicyclic) bond motifs is 1. The van der Waals surface area contributed by atoms with Gasteiger partial charge < -0.3 is 9.73 Å². The average molecular weight is 336 g/mol. The van der Waals surface area contributed by atoms with Gasteiger partial charge in [0.1, 0.15) is 5.52 Å². The number of oxazole rings is 1. The second-order valence-corrected chi connectivity index (χ2v) is 7.12. The molecule has 0 unspecified atom stereocenters. The van der Waals surface area contributed by atoms with E-state index in [1.165, 1.54) is 5.56 Å². The molecule has 4 heteroatoms. The summed E-state index contributed by atoms with van der Waals surface area (Å²) < 4.78 is 5.86. The van der Waals surface area contributed by atoms with E-state index in [-0.39, 0.29) is 5.91 Å². The van der Waals surface area contributed by atoms with Crippen LogP contribution in [0.5, 0.6) is 0 Å². The average Bonchev–Trinajstić information content (AvgIpc) is 2.97. The fourth-order valence-electron chi connectivity index (χ4n) is 2.72. The van der Waals surface area contributed by atoms with E-state index >= 15 is 0 Å². The molecule has 1 aromatic heterocycles. The number of anilines is 1. The predicted octanol–water partition coefficient (Wildman–Crippen LogP) is 5.60. The van der Waals surface area contributed by atoms with Crippen LogP contribution in [0.2, 0.25) is 0 Å². The Morgan fingerprint density at radius 1 is 1.08 bits per heavy atom. The number of carbonyl (C=O) groups is 1. The summed E-state index contributed by atoms with van der Waals surface area (Å²) >= 11 is 0. The number of carbonyl (C=O) groups excluding carboxylic acids is 1. The molecular formula is C21H24N2O2. The van der Waals surface area contributed by atoms with Crippen LogP contribution in [0.3, 0.4) is 0 Å². The number of rotatable bonds is 5. The Hall–Kier alpha value is -2.62. The van der Waals surface area contributed by atoms with Crippen molar-refractivity contribution in [2.24, 2.45) is 5.92 Å². The zero-order chi connectivity index (χ0) is 18.0. The van der Waals surface area contributed by atoms with Gasteiger partial charge in [-0.25, -0.2) is 4.98 Å². The van der Waals surface area contributed by atoms with Crippen molar-refractivity contribution >= 4 is 22.7 Å². The molecule has 0 saturated carbocycles. The molecule has 0 aliphatic carbocycles. The molecular weight excluding hydrogens is 312 g/mol. The Kier molecular flexibility index (Phi) is 4.88. The molecule has 0 aliphatic heterocycles. The molecule has 3 rings (SSSR count). The molecule has 0 radical (unpaired) electrons. The summed E-state index contributed by atoms with van der Waals surface area (Å²) in [5.74, 6) is 1.43. The fraction of sp³-hybridized carbons (Fsp3) is 0.333. The summed E-state index contributed by atoms with van der Waals surface area (Å²) in [4.78, 5) is 16.5. The van der Waals surface area contributed by atoms with Gasteiger partial charge in [0.05, 0.1) is 0 Å². The molecule has 0 atom stereocenters. The molecule has 1 heterocycles. The Labute approximate surface area is 148 Å². The van der Waals surface area contributed by atoms with Crippen LogP contribution in [0.4, 0.5) is 5.69 Å². The molecule has 4 nitrogen and oxygen atoms in total. The number of hydrogen-bond acceptors (Lipinski definition) is 3. The Morgan fingerprint density at radius 3 is 2.44 bits per heavy atom. The molecule has 0 spiro atoms. The van der Waals surface area contributed by atoms with E-state index in [4.69, 9.17) is 4.42 Å². The number of aromatic nitrogens is 1. The first kappa shape index (κ1) is 17.2. The highest BCUT2D eigenvalue weighted by molar-refractivity contribution is 5.93. The van der Waals surface area contributed by atoms with Gasteiger partial charge in [0, 0.05) is 17.7 Å². The summed E-state index contributed by atoms with van der Waals surface area (Å²) in [7, 11) is 0. The van der Waals surface area contributed by atoms with Crippen molar-refractivity contribution in [3.63, 3.8) is 0 Å². The smallest absolute Gasteiger partial charge is 0.227 e. The van der Waals surface area contributed by atoms with Crippen molar-refractivity contribution in [1.82, 2.24) is 4.98 Å². The van der Waals surface area contributed by atoms with Crippen molar-refractivity contribution in [3.05, 3.63) is 48.0 Å². The first-order valence-corrected chi connectivity index (χ1v) is 8.73. The Bertz CT molecular complexity index is 877. The molecule has 130 valence electrons. The normalized spacial score (nSPS) is 11.4. The van der Waals surface area contributed by atoms with Crippen molar-refractivity contribution < 1.29 is 9.21 Å². The molecule has 2 aromatic carbocycles. The van der Waals surface area contributed by atoms with E-state index < -0.39 is 0 Å². The van der Waals surface area contributed by atoms with E-state index in [1.807, 2.05) is 44.2 Å². The highest BCUT2D eigenvalue weighted by atomic mass is 16.3. The molecule has 0 bridgehead atoms. The lowest BCUT2D eigenvalue weighted by atomic mass is 10.0. The molecule has 1 amide bonds. The largest absolute Gasteiger partial charge is 0.436 e. The SMILES string of the molecule is CC(C)CC(=O)Nc1ccc2oc(-c3ccc(C(C)C)cc3)nc2c1. The van der Waals surface area contributed by atoms with Crippen LogP contribution in [0.15, 0.2) is 46.9 Å². The van der Waals surface area contributed by atoms with Crippen LogP contribution < -0.4 is 5.32 Å². The zero-order valence-corrected chi connectivity index (χ0v) is 15.2. The maximum atomic E-state index is 11.9. The first-order chi connectivity index (χ1) is 11.9. The zero-order valence-electron chi connectivity index (χ0n) is 15.2. The monoisotopic (exact) mass is 336 g/mol. The van der Waals surface area contributed by atoms with Crippen LogP contribution >= 0.6 is 0 Å². The van der Waals surface area contributed by atoms with Gasteiger partial charge in [0.25, 0.3) is 0 Å².